The Morgan fingerprint density at radius 3 is 1.93 bits per heavy atom. The van der Waals surface area contributed by atoms with Crippen LogP contribution >= 0.6 is 0 Å². The fourth-order valence-corrected chi connectivity index (χ4v) is 3.09. The van der Waals surface area contributed by atoms with E-state index in [0.717, 1.165) is 18.8 Å². The van der Waals surface area contributed by atoms with Gasteiger partial charge in [-0.05, 0) is 46.5 Å². The number of hydrogen-bond acceptors (Lipinski definition) is 2. The molecule has 1 aliphatic rings. The number of hydroxylamine groups is 2. The van der Waals surface area contributed by atoms with E-state index in [2.05, 4.69) is 34.6 Å². The lowest BCUT2D eigenvalue weighted by atomic mass is 9.74. The maximum atomic E-state index is 10.1. The van der Waals surface area contributed by atoms with Crippen molar-refractivity contribution in [2.75, 3.05) is 0 Å². The van der Waals surface area contributed by atoms with Crippen LogP contribution in [0.25, 0.3) is 0 Å². The highest BCUT2D eigenvalue weighted by Gasteiger charge is 2.44. The van der Waals surface area contributed by atoms with E-state index in [1.54, 1.807) is 5.06 Å². The smallest absolute Gasteiger partial charge is 0.0413 e. The molecule has 1 N–H and O–H groups in total. The van der Waals surface area contributed by atoms with Gasteiger partial charge in [0.2, 0.25) is 0 Å². The van der Waals surface area contributed by atoms with Gasteiger partial charge in [-0.15, -0.1) is 0 Å². The number of piperidine rings is 1. The van der Waals surface area contributed by atoms with Gasteiger partial charge >= 0.3 is 0 Å². The summed E-state index contributed by atoms with van der Waals surface area (Å²) in [6, 6.07) is 0. The lowest BCUT2D eigenvalue weighted by Gasteiger charge is -2.51. The van der Waals surface area contributed by atoms with Crippen LogP contribution in [0.15, 0.2) is 0 Å². The molecule has 0 bridgehead atoms. The lowest BCUT2D eigenvalue weighted by molar-refractivity contribution is -0.251. The van der Waals surface area contributed by atoms with Crippen molar-refractivity contribution in [2.45, 2.75) is 71.4 Å². The third kappa shape index (κ3) is 2.29. The van der Waals surface area contributed by atoms with E-state index >= 15 is 0 Å². The maximum Gasteiger partial charge on any atom is 0.0413 e. The van der Waals surface area contributed by atoms with Crippen LogP contribution in [0.4, 0.5) is 0 Å². The SMILES string of the molecule is CCCC1CC(C)(C)N(O)C(C)(C)C1. The minimum absolute atomic E-state index is 0.0679. The van der Waals surface area contributed by atoms with Crippen LogP contribution in [-0.4, -0.2) is 21.3 Å². The summed E-state index contributed by atoms with van der Waals surface area (Å²) in [5, 5.41) is 11.6. The first-order chi connectivity index (χ1) is 6.29. The topological polar surface area (TPSA) is 23.5 Å². The number of hydrogen-bond donors (Lipinski definition) is 1. The Hall–Kier alpha value is -0.0800. The van der Waals surface area contributed by atoms with Gasteiger partial charge in [0.25, 0.3) is 0 Å². The van der Waals surface area contributed by atoms with Crippen LogP contribution in [0, 0.1) is 5.92 Å². The molecule has 14 heavy (non-hydrogen) atoms. The Balaban J connectivity index is 2.75. The summed E-state index contributed by atoms with van der Waals surface area (Å²) >= 11 is 0. The molecule has 0 aliphatic carbocycles. The van der Waals surface area contributed by atoms with Crippen LogP contribution in [0.1, 0.15) is 60.3 Å². The molecule has 1 rings (SSSR count). The molecule has 1 fully saturated rings. The first-order valence-corrected chi connectivity index (χ1v) is 5.79. The van der Waals surface area contributed by atoms with E-state index in [0.29, 0.717) is 0 Å². The van der Waals surface area contributed by atoms with Gasteiger partial charge in [0.15, 0.2) is 0 Å². The predicted molar refractivity (Wildman–Crippen MR) is 59.4 cm³/mol. The summed E-state index contributed by atoms with van der Waals surface area (Å²) in [4.78, 5) is 0. The number of nitrogens with zero attached hydrogens (tertiary/aromatic N) is 1. The van der Waals surface area contributed by atoms with Gasteiger partial charge in [-0.25, -0.2) is 0 Å². The van der Waals surface area contributed by atoms with Crippen molar-refractivity contribution in [3.8, 4) is 0 Å². The van der Waals surface area contributed by atoms with Crippen molar-refractivity contribution in [3.63, 3.8) is 0 Å². The highest BCUT2D eigenvalue weighted by Crippen LogP contribution is 2.41. The van der Waals surface area contributed by atoms with Gasteiger partial charge in [-0.1, -0.05) is 19.8 Å². The molecule has 0 unspecified atom stereocenters. The molecule has 0 radical (unpaired) electrons. The molecule has 0 amide bonds. The van der Waals surface area contributed by atoms with Crippen molar-refractivity contribution in [1.82, 2.24) is 5.06 Å². The fraction of sp³-hybridized carbons (Fsp3) is 1.00. The molecule has 0 aromatic rings. The molecule has 1 aliphatic heterocycles. The van der Waals surface area contributed by atoms with Crippen molar-refractivity contribution < 1.29 is 5.21 Å². The van der Waals surface area contributed by atoms with Gasteiger partial charge in [0.05, 0.1) is 0 Å². The van der Waals surface area contributed by atoms with E-state index < -0.39 is 0 Å². The summed E-state index contributed by atoms with van der Waals surface area (Å²) < 4.78 is 0. The van der Waals surface area contributed by atoms with E-state index in [1.165, 1.54) is 12.8 Å². The molecule has 1 saturated heterocycles. The molecule has 0 saturated carbocycles. The Morgan fingerprint density at radius 1 is 1.14 bits per heavy atom. The maximum absolute atomic E-state index is 10.1. The van der Waals surface area contributed by atoms with E-state index in [4.69, 9.17) is 0 Å². The average Bonchev–Trinajstić information content (AvgIpc) is 1.99. The molecule has 2 nitrogen and oxygen atoms in total. The van der Waals surface area contributed by atoms with Gasteiger partial charge < -0.3 is 5.21 Å². The Bertz CT molecular complexity index is 180. The standard InChI is InChI=1S/C12H25NO/c1-6-7-10-8-11(2,3)13(14)12(4,5)9-10/h10,14H,6-9H2,1-5H3. The summed E-state index contributed by atoms with van der Waals surface area (Å²) in [6.07, 6.45) is 4.77. The second-order valence-electron chi connectivity index (χ2n) is 6.00. The second-order valence-corrected chi connectivity index (χ2v) is 6.00. The Labute approximate surface area is 88.3 Å². The molecule has 2 heteroatoms. The lowest BCUT2D eigenvalue weighted by Crippen LogP contribution is -2.58. The van der Waals surface area contributed by atoms with Crippen molar-refractivity contribution in [2.24, 2.45) is 5.92 Å². The van der Waals surface area contributed by atoms with Crippen molar-refractivity contribution >= 4 is 0 Å². The van der Waals surface area contributed by atoms with E-state index in [-0.39, 0.29) is 11.1 Å². The van der Waals surface area contributed by atoms with Gasteiger partial charge in [0, 0.05) is 11.1 Å². The van der Waals surface area contributed by atoms with Gasteiger partial charge in [-0.2, -0.15) is 5.06 Å². The zero-order valence-corrected chi connectivity index (χ0v) is 10.3. The highest BCUT2D eigenvalue weighted by atomic mass is 16.5. The quantitative estimate of drug-likeness (QED) is 0.736. The summed E-state index contributed by atoms with van der Waals surface area (Å²) in [6.45, 7) is 10.8. The first kappa shape index (κ1) is 12.0. The minimum Gasteiger partial charge on any atom is -0.313 e. The monoisotopic (exact) mass is 199 g/mol. The molecule has 0 aromatic heterocycles. The summed E-state index contributed by atoms with van der Waals surface area (Å²) in [5.41, 5.74) is -0.136. The normalized spacial score (nSPS) is 27.9. The minimum atomic E-state index is -0.0679. The zero-order valence-electron chi connectivity index (χ0n) is 10.3. The first-order valence-electron chi connectivity index (χ1n) is 5.79. The molecule has 1 heterocycles. The highest BCUT2D eigenvalue weighted by molar-refractivity contribution is 4.95. The Morgan fingerprint density at radius 2 is 1.57 bits per heavy atom. The summed E-state index contributed by atoms with van der Waals surface area (Å²) in [7, 11) is 0. The van der Waals surface area contributed by atoms with E-state index in [1.807, 2.05) is 0 Å². The number of rotatable bonds is 2. The largest absolute Gasteiger partial charge is 0.313 e. The third-order valence-corrected chi connectivity index (χ3v) is 3.42. The van der Waals surface area contributed by atoms with Crippen LogP contribution in [0.5, 0.6) is 0 Å². The van der Waals surface area contributed by atoms with Crippen LogP contribution in [-0.2, 0) is 0 Å². The van der Waals surface area contributed by atoms with Gasteiger partial charge in [0.1, 0.15) is 0 Å². The molecular weight excluding hydrogens is 174 g/mol. The molecule has 0 aromatic carbocycles. The van der Waals surface area contributed by atoms with Gasteiger partial charge in [-0.3, -0.25) is 0 Å². The van der Waals surface area contributed by atoms with E-state index in [9.17, 15) is 5.21 Å². The second kappa shape index (κ2) is 3.82. The van der Waals surface area contributed by atoms with Crippen molar-refractivity contribution in [1.29, 1.82) is 0 Å². The fourth-order valence-electron chi connectivity index (χ4n) is 3.09. The summed E-state index contributed by atoms with van der Waals surface area (Å²) in [5.74, 6) is 0.772. The molecule has 84 valence electrons. The molecular formula is C12H25NO. The molecule has 0 spiro atoms. The van der Waals surface area contributed by atoms with Crippen molar-refractivity contribution in [3.05, 3.63) is 0 Å². The molecule has 0 atom stereocenters. The predicted octanol–water partition coefficient (Wildman–Crippen LogP) is 3.44. The Kier molecular flexibility index (Phi) is 3.27. The third-order valence-electron chi connectivity index (χ3n) is 3.42. The van der Waals surface area contributed by atoms with Crippen LogP contribution in [0.2, 0.25) is 0 Å². The van der Waals surface area contributed by atoms with Crippen LogP contribution < -0.4 is 0 Å². The average molecular weight is 199 g/mol. The van der Waals surface area contributed by atoms with Crippen LogP contribution in [0.3, 0.4) is 0 Å². The zero-order chi connectivity index (χ0) is 11.0.